The van der Waals surface area contributed by atoms with Crippen molar-refractivity contribution < 1.29 is 19.2 Å². The van der Waals surface area contributed by atoms with Gasteiger partial charge in [-0.2, -0.15) is 0 Å². The molecule has 31 heavy (non-hydrogen) atoms. The Kier molecular flexibility index (Phi) is 5.03. The molecule has 0 bridgehead atoms. The molecule has 11 heteroatoms. The molecule has 1 aliphatic heterocycles. The second kappa shape index (κ2) is 7.69. The monoisotopic (exact) mass is 484 g/mol. The zero-order valence-corrected chi connectivity index (χ0v) is 17.2. The maximum absolute atomic E-state index is 12.7. The fourth-order valence-electron chi connectivity index (χ4n) is 3.23. The lowest BCUT2D eigenvalue weighted by Gasteiger charge is -2.15. The van der Waals surface area contributed by atoms with Crippen molar-refractivity contribution >= 4 is 39.2 Å². The van der Waals surface area contributed by atoms with Gasteiger partial charge in [-0.05, 0) is 21.5 Å². The topological polar surface area (TPSA) is 147 Å². The van der Waals surface area contributed by atoms with E-state index in [-0.39, 0.29) is 35.0 Å². The van der Waals surface area contributed by atoms with E-state index in [1.165, 1.54) is 12.1 Å². The molecule has 3 aromatic rings. The number of ether oxygens (including phenoxy) is 1. The molecule has 2 aromatic carbocycles. The highest BCUT2D eigenvalue weighted by molar-refractivity contribution is 9.10. The molecule has 2 heterocycles. The van der Waals surface area contributed by atoms with Gasteiger partial charge >= 0.3 is 0 Å². The number of fused-ring (bicyclic) bond motifs is 1. The molecule has 3 N–H and O–H groups in total. The van der Waals surface area contributed by atoms with E-state index in [1.54, 1.807) is 0 Å². The summed E-state index contributed by atoms with van der Waals surface area (Å²) in [7, 11) is 0. The van der Waals surface area contributed by atoms with Crippen LogP contribution in [0.15, 0.2) is 57.8 Å². The molecule has 10 nitrogen and oxygen atoms in total. The highest BCUT2D eigenvalue weighted by Crippen LogP contribution is 2.36. The van der Waals surface area contributed by atoms with Gasteiger partial charge in [0.05, 0.1) is 20.5 Å². The Morgan fingerprint density at radius 2 is 1.81 bits per heavy atom. The normalized spacial score (nSPS) is 12.4. The summed E-state index contributed by atoms with van der Waals surface area (Å²) in [5, 5.41) is 13.7. The zero-order chi connectivity index (χ0) is 22.3. The molecule has 0 radical (unpaired) electrons. The molecule has 1 aromatic heterocycles. The highest BCUT2D eigenvalue weighted by atomic mass is 79.9. The lowest BCUT2D eigenvalue weighted by molar-refractivity contribution is -0.384. The number of anilines is 1. The van der Waals surface area contributed by atoms with Gasteiger partial charge in [-0.15, -0.1) is 0 Å². The Morgan fingerprint density at radius 3 is 2.48 bits per heavy atom. The van der Waals surface area contributed by atoms with Crippen LogP contribution in [0.4, 0.5) is 11.5 Å². The van der Waals surface area contributed by atoms with Gasteiger partial charge in [0.25, 0.3) is 23.1 Å². The number of nitro benzene ring substituents is 1. The number of imide groups is 1. The number of hydrogen-bond acceptors (Lipinski definition) is 7. The van der Waals surface area contributed by atoms with E-state index in [0.717, 1.165) is 16.2 Å². The molecule has 0 saturated heterocycles. The minimum atomic E-state index is -0.805. The van der Waals surface area contributed by atoms with E-state index in [1.807, 2.05) is 35.6 Å². The van der Waals surface area contributed by atoms with Crippen molar-refractivity contribution in [1.82, 2.24) is 9.88 Å². The van der Waals surface area contributed by atoms with Gasteiger partial charge in [-0.1, -0.05) is 30.3 Å². The fourth-order valence-corrected chi connectivity index (χ4v) is 3.68. The van der Waals surface area contributed by atoms with E-state index >= 15 is 0 Å². The van der Waals surface area contributed by atoms with Gasteiger partial charge in [-0.3, -0.25) is 34.4 Å². The van der Waals surface area contributed by atoms with Gasteiger partial charge in [0.15, 0.2) is 0 Å². The third-order valence-corrected chi connectivity index (χ3v) is 5.28. The van der Waals surface area contributed by atoms with Crippen molar-refractivity contribution in [2.24, 2.45) is 0 Å². The Morgan fingerprint density at radius 1 is 1.10 bits per heavy atom. The van der Waals surface area contributed by atoms with Crippen molar-refractivity contribution in [2.75, 3.05) is 5.73 Å². The third-order valence-electron chi connectivity index (χ3n) is 4.66. The summed E-state index contributed by atoms with van der Waals surface area (Å²) in [6.07, 6.45) is 0. The maximum atomic E-state index is 12.7. The van der Waals surface area contributed by atoms with Gasteiger partial charge in [-0.25, -0.2) is 0 Å². The zero-order valence-electron chi connectivity index (χ0n) is 15.6. The molecule has 4 rings (SSSR count). The fraction of sp³-hybridized carbons (Fsp3) is 0.0500. The highest BCUT2D eigenvalue weighted by Gasteiger charge is 2.33. The predicted octanol–water partition coefficient (Wildman–Crippen LogP) is 2.55. The average Bonchev–Trinajstić information content (AvgIpc) is 3.01. The van der Waals surface area contributed by atoms with Gasteiger partial charge < -0.3 is 10.5 Å². The molecule has 156 valence electrons. The van der Waals surface area contributed by atoms with Crippen molar-refractivity contribution in [2.45, 2.75) is 6.61 Å². The van der Waals surface area contributed by atoms with E-state index in [9.17, 15) is 24.5 Å². The number of carbonyl (C=O) groups excluding carboxylic acids is 2. The Balaban J connectivity index is 1.87. The first kappa shape index (κ1) is 20.3. The van der Waals surface area contributed by atoms with Crippen LogP contribution in [-0.2, 0) is 6.61 Å². The van der Waals surface area contributed by atoms with Gasteiger partial charge in [0.1, 0.15) is 23.9 Å². The number of amides is 2. The molecule has 2 amide bonds. The van der Waals surface area contributed by atoms with Gasteiger partial charge in [0.2, 0.25) is 0 Å². The Labute approximate surface area is 182 Å². The molecule has 0 spiro atoms. The third kappa shape index (κ3) is 3.55. The quantitative estimate of drug-likeness (QED) is 0.321. The Bertz CT molecular complexity index is 1320. The van der Waals surface area contributed by atoms with Crippen molar-refractivity contribution in [3.05, 3.63) is 90.2 Å². The first-order valence-corrected chi connectivity index (χ1v) is 9.63. The number of nitro groups is 1. The van der Waals surface area contributed by atoms with Crippen LogP contribution in [0.25, 0.3) is 5.69 Å². The summed E-state index contributed by atoms with van der Waals surface area (Å²) >= 11 is 3.24. The van der Waals surface area contributed by atoms with Crippen LogP contribution in [0, 0.1) is 10.1 Å². The number of halogens is 1. The van der Waals surface area contributed by atoms with Crippen molar-refractivity contribution in [1.29, 1.82) is 0 Å². The van der Waals surface area contributed by atoms with Crippen LogP contribution < -0.4 is 21.3 Å². The summed E-state index contributed by atoms with van der Waals surface area (Å²) in [5.41, 5.74) is 5.03. The van der Waals surface area contributed by atoms with Crippen molar-refractivity contribution in [3.63, 3.8) is 0 Å². The molecular formula is C20H13BrN4O6. The molecule has 0 unspecified atom stereocenters. The SMILES string of the molecule is Nc1c2c(cc(=O)n1-c1cc(OCc3ccccc3)c(Br)cc1[N+](=O)[O-])C(=O)NC2=O. The first-order chi connectivity index (χ1) is 14.8. The minimum Gasteiger partial charge on any atom is -0.488 e. The summed E-state index contributed by atoms with van der Waals surface area (Å²) in [4.78, 5) is 47.6. The largest absolute Gasteiger partial charge is 0.488 e. The van der Waals surface area contributed by atoms with Crippen LogP contribution >= 0.6 is 15.9 Å². The summed E-state index contributed by atoms with van der Waals surface area (Å²) < 4.78 is 6.88. The number of aromatic nitrogens is 1. The van der Waals surface area contributed by atoms with E-state index in [4.69, 9.17) is 10.5 Å². The molecule has 0 fully saturated rings. The number of nitrogens with one attached hydrogen (secondary N) is 1. The summed E-state index contributed by atoms with van der Waals surface area (Å²) in [6.45, 7) is 0.169. The second-order valence-corrected chi connectivity index (χ2v) is 7.43. The number of benzene rings is 2. The summed E-state index contributed by atoms with van der Waals surface area (Å²) in [6, 6.07) is 12.6. The average molecular weight is 485 g/mol. The van der Waals surface area contributed by atoms with E-state index in [2.05, 4.69) is 15.9 Å². The molecule has 0 atom stereocenters. The van der Waals surface area contributed by atoms with Crippen LogP contribution in [0.2, 0.25) is 0 Å². The number of nitrogens with zero attached hydrogens (tertiary/aromatic N) is 2. The van der Waals surface area contributed by atoms with Crippen LogP contribution in [-0.4, -0.2) is 21.3 Å². The molecule has 0 aliphatic carbocycles. The number of nitrogens with two attached hydrogens (primary N) is 1. The van der Waals surface area contributed by atoms with Crippen LogP contribution in [0.1, 0.15) is 26.3 Å². The minimum absolute atomic E-state index is 0.169. The van der Waals surface area contributed by atoms with Crippen molar-refractivity contribution in [3.8, 4) is 11.4 Å². The van der Waals surface area contributed by atoms with E-state index < -0.39 is 28.0 Å². The maximum Gasteiger partial charge on any atom is 0.294 e. The second-order valence-electron chi connectivity index (χ2n) is 6.58. The summed E-state index contributed by atoms with van der Waals surface area (Å²) in [5.74, 6) is -1.71. The number of nitrogen functional groups attached to an aromatic ring is 1. The molecule has 0 saturated carbocycles. The number of rotatable bonds is 5. The molecule has 1 aliphatic rings. The van der Waals surface area contributed by atoms with Crippen LogP contribution in [0.3, 0.4) is 0 Å². The first-order valence-electron chi connectivity index (χ1n) is 8.84. The smallest absolute Gasteiger partial charge is 0.294 e. The van der Waals surface area contributed by atoms with Gasteiger partial charge in [0, 0.05) is 18.2 Å². The molecular weight excluding hydrogens is 472 g/mol. The predicted molar refractivity (Wildman–Crippen MR) is 113 cm³/mol. The standard InChI is InChI=1S/C20H13BrN4O6/c21-12-7-14(25(29)30)13(8-15(12)31-9-10-4-2-1-3-5-10)24-16(26)6-11-17(18(24)22)20(28)23-19(11)27/h1-8H,9,22H2,(H,23,27,28). The number of hydrogen-bond donors (Lipinski definition) is 2. The van der Waals surface area contributed by atoms with Crippen LogP contribution in [0.5, 0.6) is 5.75 Å². The number of carbonyl (C=O) groups is 2. The lowest BCUT2D eigenvalue weighted by Crippen LogP contribution is -2.24. The lowest BCUT2D eigenvalue weighted by atomic mass is 10.1. The Hall–Kier alpha value is -3.99. The van der Waals surface area contributed by atoms with E-state index in [0.29, 0.717) is 4.47 Å². The number of pyridine rings is 1.